The molecule has 0 fully saturated rings. The highest BCUT2D eigenvalue weighted by Crippen LogP contribution is 2.26. The molecule has 25 heavy (non-hydrogen) atoms. The van der Waals surface area contributed by atoms with E-state index in [-0.39, 0.29) is 22.7 Å². The second-order valence-electron chi connectivity index (χ2n) is 7.58. The largest absolute Gasteiger partial charge is 0.332 e. The van der Waals surface area contributed by atoms with Gasteiger partial charge in [0, 0.05) is 14.1 Å². The van der Waals surface area contributed by atoms with E-state index in [1.54, 1.807) is 13.4 Å². The van der Waals surface area contributed by atoms with Crippen molar-refractivity contribution in [2.24, 2.45) is 14.1 Å². The molecular formula is C19H24N4O2. The minimum atomic E-state index is -0.370. The maximum absolute atomic E-state index is 12.6. The lowest BCUT2D eigenvalue weighted by molar-refractivity contribution is 0.588. The fourth-order valence-corrected chi connectivity index (χ4v) is 3.08. The Morgan fingerprint density at radius 1 is 1.00 bits per heavy atom. The van der Waals surface area contributed by atoms with Gasteiger partial charge >= 0.3 is 5.69 Å². The highest BCUT2D eigenvalue weighted by molar-refractivity contribution is 5.70. The Morgan fingerprint density at radius 2 is 1.60 bits per heavy atom. The second kappa shape index (κ2) is 5.72. The Balaban J connectivity index is 2.14. The molecule has 0 aliphatic rings. The van der Waals surface area contributed by atoms with Gasteiger partial charge in [-0.15, -0.1) is 0 Å². The first-order valence-electron chi connectivity index (χ1n) is 8.36. The van der Waals surface area contributed by atoms with E-state index in [1.165, 1.54) is 17.2 Å². The molecule has 0 saturated heterocycles. The lowest BCUT2D eigenvalue weighted by Gasteiger charge is -2.21. The number of aromatic nitrogens is 4. The van der Waals surface area contributed by atoms with Crippen molar-refractivity contribution in [1.82, 2.24) is 18.7 Å². The van der Waals surface area contributed by atoms with Crippen molar-refractivity contribution >= 4 is 11.2 Å². The van der Waals surface area contributed by atoms with E-state index in [9.17, 15) is 9.59 Å². The smallest absolute Gasteiger partial charge is 0.317 e. The Hall–Kier alpha value is -2.63. The second-order valence-corrected chi connectivity index (χ2v) is 7.58. The number of fused-ring (bicyclic) bond motifs is 1. The number of aryl methyl sites for hydroxylation is 1. The SMILES string of the molecule is C[C@H](c1ccc(C(C)(C)C)cc1)n1cnc2c1c(=O)n(C)c(=O)n2C. The number of rotatable bonds is 2. The Kier molecular flexibility index (Phi) is 3.94. The summed E-state index contributed by atoms with van der Waals surface area (Å²) in [6.07, 6.45) is 1.63. The summed E-state index contributed by atoms with van der Waals surface area (Å²) in [5, 5.41) is 0. The van der Waals surface area contributed by atoms with Gasteiger partial charge in [0.15, 0.2) is 11.2 Å². The molecule has 3 rings (SSSR count). The van der Waals surface area contributed by atoms with Crippen LogP contribution in [0.2, 0.25) is 0 Å². The average Bonchev–Trinajstić information content (AvgIpc) is 3.02. The van der Waals surface area contributed by atoms with Crippen molar-refractivity contribution in [2.75, 3.05) is 0 Å². The van der Waals surface area contributed by atoms with Crippen molar-refractivity contribution in [3.05, 3.63) is 62.6 Å². The van der Waals surface area contributed by atoms with E-state index in [0.717, 1.165) is 10.1 Å². The molecule has 2 aromatic heterocycles. The fraction of sp³-hybridized carbons (Fsp3) is 0.421. The maximum atomic E-state index is 12.6. The summed E-state index contributed by atoms with van der Waals surface area (Å²) < 4.78 is 4.36. The molecule has 0 saturated carbocycles. The van der Waals surface area contributed by atoms with Crippen LogP contribution in [0.5, 0.6) is 0 Å². The van der Waals surface area contributed by atoms with Crippen LogP contribution in [0.25, 0.3) is 11.2 Å². The topological polar surface area (TPSA) is 61.8 Å². The molecule has 1 aromatic carbocycles. The lowest BCUT2D eigenvalue weighted by atomic mass is 9.86. The zero-order chi connectivity index (χ0) is 18.5. The van der Waals surface area contributed by atoms with Crippen molar-refractivity contribution < 1.29 is 0 Å². The van der Waals surface area contributed by atoms with E-state index in [1.807, 2.05) is 11.5 Å². The molecule has 0 N–H and O–H groups in total. The first-order valence-corrected chi connectivity index (χ1v) is 8.36. The average molecular weight is 340 g/mol. The van der Waals surface area contributed by atoms with Crippen molar-refractivity contribution in [1.29, 1.82) is 0 Å². The van der Waals surface area contributed by atoms with E-state index in [0.29, 0.717) is 11.2 Å². The van der Waals surface area contributed by atoms with Gasteiger partial charge in [0.05, 0.1) is 12.4 Å². The van der Waals surface area contributed by atoms with E-state index in [4.69, 9.17) is 0 Å². The Bertz CT molecular complexity index is 1050. The predicted octanol–water partition coefficient (Wildman–Crippen LogP) is 2.34. The van der Waals surface area contributed by atoms with Gasteiger partial charge in [-0.2, -0.15) is 0 Å². The zero-order valence-corrected chi connectivity index (χ0v) is 15.6. The van der Waals surface area contributed by atoms with E-state index < -0.39 is 0 Å². The molecule has 0 spiro atoms. The molecule has 6 heteroatoms. The molecule has 0 aliphatic heterocycles. The first kappa shape index (κ1) is 17.2. The number of benzene rings is 1. The highest BCUT2D eigenvalue weighted by Gasteiger charge is 2.19. The Morgan fingerprint density at radius 3 is 2.16 bits per heavy atom. The van der Waals surface area contributed by atoms with Gasteiger partial charge in [0.2, 0.25) is 0 Å². The summed E-state index contributed by atoms with van der Waals surface area (Å²) >= 11 is 0. The van der Waals surface area contributed by atoms with E-state index in [2.05, 4.69) is 50.0 Å². The standard InChI is InChI=1S/C19H24N4O2/c1-12(13-7-9-14(10-8-13)19(2,3)4)23-11-20-16-15(23)17(24)22(6)18(25)21(16)5/h7-12H,1-6H3/t12-/m1/s1. The third kappa shape index (κ3) is 2.71. The van der Waals surface area contributed by atoms with Crippen LogP contribution < -0.4 is 11.2 Å². The summed E-state index contributed by atoms with van der Waals surface area (Å²) in [5.74, 6) is 0. The third-order valence-corrected chi connectivity index (χ3v) is 4.85. The molecule has 0 aliphatic carbocycles. The van der Waals surface area contributed by atoms with Crippen molar-refractivity contribution in [3.63, 3.8) is 0 Å². The summed E-state index contributed by atoms with van der Waals surface area (Å²) in [4.78, 5) is 29.0. The molecule has 2 heterocycles. The molecule has 0 bridgehead atoms. The Labute approximate surface area is 146 Å². The number of imidazole rings is 1. The van der Waals surface area contributed by atoms with Crippen LogP contribution in [0.1, 0.15) is 44.9 Å². The van der Waals surface area contributed by atoms with Crippen LogP contribution in [-0.4, -0.2) is 18.7 Å². The summed E-state index contributed by atoms with van der Waals surface area (Å²) in [5.41, 5.74) is 2.60. The first-order chi connectivity index (χ1) is 11.6. The quantitative estimate of drug-likeness (QED) is 0.719. The molecular weight excluding hydrogens is 316 g/mol. The van der Waals surface area contributed by atoms with Crippen molar-refractivity contribution in [3.8, 4) is 0 Å². The molecule has 6 nitrogen and oxygen atoms in total. The van der Waals surface area contributed by atoms with Crippen LogP contribution in [0.4, 0.5) is 0 Å². The molecule has 0 amide bonds. The molecule has 0 radical (unpaired) electrons. The number of nitrogens with zero attached hydrogens (tertiary/aromatic N) is 4. The van der Waals surface area contributed by atoms with Crippen LogP contribution in [0.15, 0.2) is 40.2 Å². The summed E-state index contributed by atoms with van der Waals surface area (Å²) in [6.45, 7) is 8.56. The number of hydrogen-bond acceptors (Lipinski definition) is 3. The minimum Gasteiger partial charge on any atom is -0.317 e. The summed E-state index contributed by atoms with van der Waals surface area (Å²) in [6, 6.07) is 8.36. The van der Waals surface area contributed by atoms with Crippen molar-refractivity contribution in [2.45, 2.75) is 39.2 Å². The van der Waals surface area contributed by atoms with Gasteiger partial charge in [0.25, 0.3) is 5.56 Å². The predicted molar refractivity (Wildman–Crippen MR) is 99.2 cm³/mol. The summed E-state index contributed by atoms with van der Waals surface area (Å²) in [7, 11) is 3.12. The van der Waals surface area contributed by atoms with Crippen LogP contribution in [0, 0.1) is 0 Å². The van der Waals surface area contributed by atoms with Gasteiger partial charge in [-0.25, -0.2) is 9.78 Å². The maximum Gasteiger partial charge on any atom is 0.332 e. The third-order valence-electron chi connectivity index (χ3n) is 4.85. The normalized spacial score (nSPS) is 13.4. The van der Waals surface area contributed by atoms with Gasteiger partial charge < -0.3 is 4.57 Å². The zero-order valence-electron chi connectivity index (χ0n) is 15.6. The molecule has 1 atom stereocenters. The monoisotopic (exact) mass is 340 g/mol. The van der Waals surface area contributed by atoms with Gasteiger partial charge in [-0.05, 0) is 23.5 Å². The van der Waals surface area contributed by atoms with Crippen LogP contribution in [-0.2, 0) is 19.5 Å². The van der Waals surface area contributed by atoms with Gasteiger partial charge in [-0.1, -0.05) is 45.0 Å². The molecule has 3 aromatic rings. The van der Waals surface area contributed by atoms with Gasteiger partial charge in [0.1, 0.15) is 0 Å². The highest BCUT2D eigenvalue weighted by atomic mass is 16.2. The lowest BCUT2D eigenvalue weighted by Crippen LogP contribution is -2.37. The fourth-order valence-electron chi connectivity index (χ4n) is 3.08. The van der Waals surface area contributed by atoms with Crippen LogP contribution in [0.3, 0.4) is 0 Å². The molecule has 0 unspecified atom stereocenters. The number of hydrogen-bond donors (Lipinski definition) is 0. The van der Waals surface area contributed by atoms with Crippen LogP contribution >= 0.6 is 0 Å². The molecule has 132 valence electrons. The minimum absolute atomic E-state index is 0.0655. The van der Waals surface area contributed by atoms with Gasteiger partial charge in [-0.3, -0.25) is 13.9 Å². The van der Waals surface area contributed by atoms with E-state index >= 15 is 0 Å².